The van der Waals surface area contributed by atoms with Crippen molar-refractivity contribution < 1.29 is 14.3 Å². The monoisotopic (exact) mass is 218 g/mol. The predicted molar refractivity (Wildman–Crippen MR) is 58.0 cm³/mol. The van der Waals surface area contributed by atoms with Gasteiger partial charge >= 0.3 is 0 Å². The number of Topliss-reactive ketones (excluding diaryl/α,β-unsaturated/α-hetero) is 1. The van der Waals surface area contributed by atoms with Gasteiger partial charge in [0.15, 0.2) is 12.1 Å². The van der Waals surface area contributed by atoms with Gasteiger partial charge in [-0.1, -0.05) is 30.3 Å². The summed E-state index contributed by atoms with van der Waals surface area (Å²) in [6.07, 6.45) is -0.165. The Kier molecular flexibility index (Phi) is 2.30. The zero-order valence-electron chi connectivity index (χ0n) is 9.13. The first-order valence-corrected chi connectivity index (χ1v) is 5.64. The summed E-state index contributed by atoms with van der Waals surface area (Å²) in [5.41, 5.74) is 1.17. The first kappa shape index (κ1) is 10.00. The van der Waals surface area contributed by atoms with Crippen LogP contribution in [0.5, 0.6) is 0 Å². The standard InChI is InChI=1S/C13H14O3/c1-8-15-12-10(7-11(14)13(12)16-8)9-5-3-2-4-6-9/h2-6,8,10,12-13H,7H2,1H3. The highest BCUT2D eigenvalue weighted by Gasteiger charge is 2.50. The van der Waals surface area contributed by atoms with Crippen molar-refractivity contribution in [3.05, 3.63) is 35.9 Å². The summed E-state index contributed by atoms with van der Waals surface area (Å²) in [6, 6.07) is 10.1. The second kappa shape index (κ2) is 3.68. The Labute approximate surface area is 94.4 Å². The van der Waals surface area contributed by atoms with E-state index in [-0.39, 0.29) is 30.2 Å². The van der Waals surface area contributed by atoms with E-state index < -0.39 is 0 Å². The van der Waals surface area contributed by atoms with E-state index in [1.807, 2.05) is 37.3 Å². The van der Waals surface area contributed by atoms with E-state index in [4.69, 9.17) is 9.47 Å². The fraction of sp³-hybridized carbons (Fsp3) is 0.462. The number of hydrogen-bond donors (Lipinski definition) is 0. The second-order valence-corrected chi connectivity index (χ2v) is 4.41. The average molecular weight is 218 g/mol. The zero-order chi connectivity index (χ0) is 11.1. The van der Waals surface area contributed by atoms with Gasteiger partial charge in [-0.15, -0.1) is 0 Å². The van der Waals surface area contributed by atoms with Crippen LogP contribution in [0.2, 0.25) is 0 Å². The van der Waals surface area contributed by atoms with Crippen molar-refractivity contribution in [2.75, 3.05) is 0 Å². The van der Waals surface area contributed by atoms with E-state index in [1.165, 1.54) is 5.56 Å². The first-order chi connectivity index (χ1) is 7.75. The number of fused-ring (bicyclic) bond motifs is 1. The molecule has 2 aliphatic rings. The number of benzene rings is 1. The van der Waals surface area contributed by atoms with Gasteiger partial charge in [0.25, 0.3) is 0 Å². The maximum atomic E-state index is 11.8. The van der Waals surface area contributed by atoms with Crippen LogP contribution in [0.4, 0.5) is 0 Å². The lowest BCUT2D eigenvalue weighted by Crippen LogP contribution is -2.24. The van der Waals surface area contributed by atoms with E-state index in [9.17, 15) is 4.79 Å². The number of hydrogen-bond acceptors (Lipinski definition) is 3. The molecule has 1 aromatic rings. The third-order valence-corrected chi connectivity index (χ3v) is 3.35. The molecule has 4 atom stereocenters. The maximum absolute atomic E-state index is 11.8. The van der Waals surface area contributed by atoms with Crippen molar-refractivity contribution >= 4 is 5.78 Å². The van der Waals surface area contributed by atoms with Gasteiger partial charge in [-0.25, -0.2) is 0 Å². The number of carbonyl (C=O) groups is 1. The first-order valence-electron chi connectivity index (χ1n) is 5.64. The molecule has 0 radical (unpaired) electrons. The van der Waals surface area contributed by atoms with Gasteiger partial charge in [0, 0.05) is 12.3 Å². The van der Waals surface area contributed by atoms with E-state index in [0.717, 1.165) is 0 Å². The Balaban J connectivity index is 1.90. The van der Waals surface area contributed by atoms with Crippen LogP contribution in [-0.2, 0) is 14.3 Å². The molecule has 4 unspecified atom stereocenters. The van der Waals surface area contributed by atoms with Crippen molar-refractivity contribution in [2.45, 2.75) is 37.8 Å². The van der Waals surface area contributed by atoms with Crippen molar-refractivity contribution in [1.29, 1.82) is 0 Å². The molecule has 0 spiro atoms. The minimum atomic E-state index is -0.347. The minimum absolute atomic E-state index is 0.0927. The molecule has 3 heteroatoms. The summed E-state index contributed by atoms with van der Waals surface area (Å²) in [5, 5.41) is 0. The van der Waals surface area contributed by atoms with Crippen molar-refractivity contribution in [3.63, 3.8) is 0 Å². The Morgan fingerprint density at radius 3 is 2.69 bits per heavy atom. The summed E-state index contributed by atoms with van der Waals surface area (Å²) in [7, 11) is 0. The Hall–Kier alpha value is -1.19. The highest BCUT2D eigenvalue weighted by Crippen LogP contribution is 2.40. The van der Waals surface area contributed by atoms with Gasteiger partial charge < -0.3 is 9.47 Å². The highest BCUT2D eigenvalue weighted by atomic mass is 16.7. The average Bonchev–Trinajstić information content (AvgIpc) is 2.80. The van der Waals surface area contributed by atoms with Gasteiger partial charge in [-0.3, -0.25) is 4.79 Å². The van der Waals surface area contributed by atoms with Gasteiger partial charge in [0.05, 0.1) is 0 Å². The molecule has 2 fully saturated rings. The quantitative estimate of drug-likeness (QED) is 0.722. The lowest BCUT2D eigenvalue weighted by Gasteiger charge is -2.16. The summed E-state index contributed by atoms with van der Waals surface area (Å²) in [6.45, 7) is 1.84. The molecular weight excluding hydrogens is 204 g/mol. The van der Waals surface area contributed by atoms with Gasteiger partial charge in [0.2, 0.25) is 0 Å². The lowest BCUT2D eigenvalue weighted by molar-refractivity contribution is -0.129. The normalized spacial score (nSPS) is 37.7. The van der Waals surface area contributed by atoms with E-state index >= 15 is 0 Å². The summed E-state index contributed by atoms with van der Waals surface area (Å²) >= 11 is 0. The summed E-state index contributed by atoms with van der Waals surface area (Å²) in [4.78, 5) is 11.8. The van der Waals surface area contributed by atoms with Crippen LogP contribution in [0.3, 0.4) is 0 Å². The van der Waals surface area contributed by atoms with Crippen molar-refractivity contribution in [3.8, 4) is 0 Å². The van der Waals surface area contributed by atoms with Gasteiger partial charge in [-0.2, -0.15) is 0 Å². The van der Waals surface area contributed by atoms with Crippen LogP contribution in [0, 0.1) is 0 Å². The van der Waals surface area contributed by atoms with Crippen LogP contribution < -0.4 is 0 Å². The molecular formula is C13H14O3. The molecule has 84 valence electrons. The smallest absolute Gasteiger partial charge is 0.165 e. The second-order valence-electron chi connectivity index (χ2n) is 4.41. The lowest BCUT2D eigenvalue weighted by atomic mass is 9.95. The third-order valence-electron chi connectivity index (χ3n) is 3.35. The molecule has 16 heavy (non-hydrogen) atoms. The molecule has 3 nitrogen and oxygen atoms in total. The Morgan fingerprint density at radius 2 is 1.94 bits per heavy atom. The fourth-order valence-corrected chi connectivity index (χ4v) is 2.63. The molecule has 1 aliphatic heterocycles. The largest absolute Gasteiger partial charge is 0.346 e. The van der Waals surface area contributed by atoms with E-state index in [1.54, 1.807) is 0 Å². The molecule has 1 saturated carbocycles. The van der Waals surface area contributed by atoms with E-state index in [2.05, 4.69) is 0 Å². The molecule has 3 rings (SSSR count). The summed E-state index contributed by atoms with van der Waals surface area (Å²) < 4.78 is 11.2. The topological polar surface area (TPSA) is 35.5 Å². The number of ether oxygens (including phenoxy) is 2. The number of rotatable bonds is 1. The third kappa shape index (κ3) is 1.47. The predicted octanol–water partition coefficient (Wildman–Crippen LogP) is 1.87. The van der Waals surface area contributed by atoms with Crippen molar-refractivity contribution in [2.24, 2.45) is 0 Å². The molecule has 1 saturated heterocycles. The van der Waals surface area contributed by atoms with Crippen LogP contribution >= 0.6 is 0 Å². The molecule has 1 aliphatic carbocycles. The molecule has 0 bridgehead atoms. The fourth-order valence-electron chi connectivity index (χ4n) is 2.63. The molecule has 0 N–H and O–H groups in total. The molecule has 1 heterocycles. The maximum Gasteiger partial charge on any atom is 0.165 e. The van der Waals surface area contributed by atoms with Crippen LogP contribution in [-0.4, -0.2) is 24.3 Å². The van der Waals surface area contributed by atoms with Crippen molar-refractivity contribution in [1.82, 2.24) is 0 Å². The van der Waals surface area contributed by atoms with Crippen LogP contribution in [0.25, 0.3) is 0 Å². The molecule has 0 aromatic heterocycles. The van der Waals surface area contributed by atoms with Crippen LogP contribution in [0.15, 0.2) is 30.3 Å². The Morgan fingerprint density at radius 1 is 1.19 bits per heavy atom. The van der Waals surface area contributed by atoms with Gasteiger partial charge in [-0.05, 0) is 12.5 Å². The molecule has 0 amide bonds. The SMILES string of the molecule is CC1OC2C(=O)CC(c3ccccc3)C2O1. The highest BCUT2D eigenvalue weighted by molar-refractivity contribution is 5.88. The Bertz CT molecular complexity index is 401. The van der Waals surface area contributed by atoms with E-state index in [0.29, 0.717) is 6.42 Å². The number of ketones is 1. The van der Waals surface area contributed by atoms with Gasteiger partial charge in [0.1, 0.15) is 12.2 Å². The minimum Gasteiger partial charge on any atom is -0.346 e. The van der Waals surface area contributed by atoms with Crippen LogP contribution in [0.1, 0.15) is 24.8 Å². The zero-order valence-corrected chi connectivity index (χ0v) is 9.13. The number of carbonyl (C=O) groups excluding carboxylic acids is 1. The summed E-state index contributed by atoms with van der Waals surface area (Å²) in [5.74, 6) is 0.326. The molecule has 1 aromatic carbocycles.